The van der Waals surface area contributed by atoms with E-state index in [9.17, 15) is 4.79 Å². The first kappa shape index (κ1) is 14.4. The molecule has 0 aliphatic carbocycles. The van der Waals surface area contributed by atoms with Gasteiger partial charge < -0.3 is 15.5 Å². The van der Waals surface area contributed by atoms with Crippen molar-refractivity contribution in [3.8, 4) is 0 Å². The van der Waals surface area contributed by atoms with Gasteiger partial charge in [0.2, 0.25) is 0 Å². The molecular formula is C13H22N4O. The molecule has 0 aromatic carbocycles. The Kier molecular flexibility index (Phi) is 6.79. The number of amides is 2. The highest BCUT2D eigenvalue weighted by atomic mass is 16.2. The molecule has 0 radical (unpaired) electrons. The Morgan fingerprint density at radius 1 is 1.28 bits per heavy atom. The average Bonchev–Trinajstić information content (AvgIpc) is 2.42. The Hall–Kier alpha value is -1.62. The fourth-order valence-corrected chi connectivity index (χ4v) is 1.60. The third-order valence-corrected chi connectivity index (χ3v) is 2.76. The highest BCUT2D eigenvalue weighted by Gasteiger charge is 2.02. The Morgan fingerprint density at radius 3 is 2.67 bits per heavy atom. The van der Waals surface area contributed by atoms with Crippen molar-refractivity contribution in [3.05, 3.63) is 30.1 Å². The summed E-state index contributed by atoms with van der Waals surface area (Å²) in [6.07, 6.45) is 1.72. The first-order valence-corrected chi connectivity index (χ1v) is 6.40. The van der Waals surface area contributed by atoms with E-state index in [0.29, 0.717) is 13.1 Å². The van der Waals surface area contributed by atoms with E-state index in [1.165, 1.54) is 0 Å². The number of urea groups is 1. The van der Waals surface area contributed by atoms with Crippen LogP contribution in [-0.2, 0) is 6.54 Å². The summed E-state index contributed by atoms with van der Waals surface area (Å²) in [6, 6.07) is 5.50. The highest BCUT2D eigenvalue weighted by Crippen LogP contribution is 1.91. The number of nitrogens with one attached hydrogen (secondary N) is 2. The second kappa shape index (κ2) is 8.47. The number of pyridine rings is 1. The second-order valence-corrected chi connectivity index (χ2v) is 3.96. The van der Waals surface area contributed by atoms with Gasteiger partial charge in [-0.05, 0) is 25.2 Å². The second-order valence-electron chi connectivity index (χ2n) is 3.96. The molecule has 1 aromatic rings. The topological polar surface area (TPSA) is 57.3 Å². The van der Waals surface area contributed by atoms with E-state index in [-0.39, 0.29) is 6.03 Å². The number of hydrogen-bond acceptors (Lipinski definition) is 3. The van der Waals surface area contributed by atoms with E-state index in [0.717, 1.165) is 25.3 Å². The molecule has 0 bridgehead atoms. The maximum Gasteiger partial charge on any atom is 0.315 e. The van der Waals surface area contributed by atoms with E-state index in [1.54, 1.807) is 6.20 Å². The lowest BCUT2D eigenvalue weighted by molar-refractivity contribution is 0.236. The van der Waals surface area contributed by atoms with Crippen molar-refractivity contribution in [3.63, 3.8) is 0 Å². The molecule has 0 spiro atoms. The standard InChI is InChI=1S/C13H22N4O/c1-3-17(4-2)10-9-15-13(18)16-11-12-7-5-6-8-14-12/h5-8H,3-4,9-11H2,1-2H3,(H2,15,16,18). The number of aromatic nitrogens is 1. The van der Waals surface area contributed by atoms with E-state index in [4.69, 9.17) is 0 Å². The monoisotopic (exact) mass is 250 g/mol. The van der Waals surface area contributed by atoms with Crippen LogP contribution in [0.1, 0.15) is 19.5 Å². The van der Waals surface area contributed by atoms with Crippen molar-refractivity contribution in [2.24, 2.45) is 0 Å². The Morgan fingerprint density at radius 2 is 2.06 bits per heavy atom. The zero-order valence-electron chi connectivity index (χ0n) is 11.1. The van der Waals surface area contributed by atoms with Crippen LogP contribution >= 0.6 is 0 Å². The van der Waals surface area contributed by atoms with Crippen molar-refractivity contribution in [1.29, 1.82) is 0 Å². The third-order valence-electron chi connectivity index (χ3n) is 2.76. The van der Waals surface area contributed by atoms with E-state index >= 15 is 0 Å². The van der Waals surface area contributed by atoms with Crippen LogP contribution in [0.5, 0.6) is 0 Å². The number of rotatable bonds is 7. The molecule has 1 rings (SSSR count). The highest BCUT2D eigenvalue weighted by molar-refractivity contribution is 5.73. The zero-order valence-corrected chi connectivity index (χ0v) is 11.1. The maximum absolute atomic E-state index is 11.5. The molecule has 0 fully saturated rings. The molecule has 2 amide bonds. The average molecular weight is 250 g/mol. The summed E-state index contributed by atoms with van der Waals surface area (Å²) in [4.78, 5) is 17.9. The predicted octanol–water partition coefficient (Wildman–Crippen LogP) is 1.22. The fourth-order valence-electron chi connectivity index (χ4n) is 1.60. The van der Waals surface area contributed by atoms with Gasteiger partial charge in [0.25, 0.3) is 0 Å². The summed E-state index contributed by atoms with van der Waals surface area (Å²) >= 11 is 0. The lowest BCUT2D eigenvalue weighted by Crippen LogP contribution is -2.40. The van der Waals surface area contributed by atoms with Gasteiger partial charge in [0.05, 0.1) is 12.2 Å². The minimum atomic E-state index is -0.146. The molecule has 18 heavy (non-hydrogen) atoms. The largest absolute Gasteiger partial charge is 0.337 e. The van der Waals surface area contributed by atoms with Gasteiger partial charge in [0, 0.05) is 19.3 Å². The maximum atomic E-state index is 11.5. The van der Waals surface area contributed by atoms with Crippen LogP contribution in [0.25, 0.3) is 0 Å². The molecule has 0 saturated heterocycles. The van der Waals surface area contributed by atoms with Crippen LogP contribution in [0.15, 0.2) is 24.4 Å². The lowest BCUT2D eigenvalue weighted by Gasteiger charge is -2.18. The van der Waals surface area contributed by atoms with Crippen LogP contribution in [-0.4, -0.2) is 42.1 Å². The van der Waals surface area contributed by atoms with Crippen LogP contribution in [0, 0.1) is 0 Å². The number of carbonyl (C=O) groups excluding carboxylic acids is 1. The Bertz CT molecular complexity index is 338. The van der Waals surface area contributed by atoms with Gasteiger partial charge in [-0.15, -0.1) is 0 Å². The van der Waals surface area contributed by atoms with Crippen molar-refractivity contribution in [1.82, 2.24) is 20.5 Å². The number of nitrogens with zero attached hydrogens (tertiary/aromatic N) is 2. The molecule has 5 nitrogen and oxygen atoms in total. The van der Waals surface area contributed by atoms with E-state index < -0.39 is 0 Å². The summed E-state index contributed by atoms with van der Waals surface area (Å²) in [5.74, 6) is 0. The van der Waals surface area contributed by atoms with Gasteiger partial charge in [-0.25, -0.2) is 4.79 Å². The summed E-state index contributed by atoms with van der Waals surface area (Å²) in [6.45, 7) is 8.24. The van der Waals surface area contributed by atoms with Crippen molar-refractivity contribution < 1.29 is 4.79 Å². The molecule has 1 aromatic heterocycles. The Labute approximate surface area is 109 Å². The molecule has 2 N–H and O–H groups in total. The van der Waals surface area contributed by atoms with Gasteiger partial charge >= 0.3 is 6.03 Å². The van der Waals surface area contributed by atoms with Gasteiger partial charge in [-0.3, -0.25) is 4.98 Å². The van der Waals surface area contributed by atoms with E-state index in [1.807, 2.05) is 18.2 Å². The normalized spacial score (nSPS) is 10.4. The van der Waals surface area contributed by atoms with Gasteiger partial charge in [-0.2, -0.15) is 0 Å². The van der Waals surface area contributed by atoms with Gasteiger partial charge in [0.15, 0.2) is 0 Å². The van der Waals surface area contributed by atoms with Crippen molar-refractivity contribution in [2.75, 3.05) is 26.2 Å². The van der Waals surface area contributed by atoms with Crippen LogP contribution < -0.4 is 10.6 Å². The smallest absolute Gasteiger partial charge is 0.315 e. The third kappa shape index (κ3) is 5.63. The lowest BCUT2D eigenvalue weighted by atomic mass is 10.3. The summed E-state index contributed by atoms with van der Waals surface area (Å²) in [5.41, 5.74) is 0.858. The van der Waals surface area contributed by atoms with Crippen molar-refractivity contribution >= 4 is 6.03 Å². The quantitative estimate of drug-likeness (QED) is 0.765. The van der Waals surface area contributed by atoms with Crippen LogP contribution in [0.2, 0.25) is 0 Å². The summed E-state index contributed by atoms with van der Waals surface area (Å²) in [7, 11) is 0. The summed E-state index contributed by atoms with van der Waals surface area (Å²) < 4.78 is 0. The molecular weight excluding hydrogens is 228 g/mol. The fraction of sp³-hybridized carbons (Fsp3) is 0.538. The SMILES string of the molecule is CCN(CC)CCNC(=O)NCc1ccccn1. The molecule has 100 valence electrons. The van der Waals surface area contributed by atoms with Gasteiger partial charge in [0.1, 0.15) is 0 Å². The molecule has 0 unspecified atom stereocenters. The minimum absolute atomic E-state index is 0.146. The number of carbonyl (C=O) groups is 1. The zero-order chi connectivity index (χ0) is 13.2. The predicted molar refractivity (Wildman–Crippen MR) is 72.3 cm³/mol. The first-order valence-electron chi connectivity index (χ1n) is 6.40. The van der Waals surface area contributed by atoms with E-state index in [2.05, 4.69) is 34.4 Å². The van der Waals surface area contributed by atoms with Crippen LogP contribution in [0.3, 0.4) is 0 Å². The molecule has 0 saturated carbocycles. The molecule has 1 heterocycles. The molecule has 5 heteroatoms. The minimum Gasteiger partial charge on any atom is -0.337 e. The summed E-state index contributed by atoms with van der Waals surface area (Å²) in [5, 5.41) is 5.61. The van der Waals surface area contributed by atoms with Gasteiger partial charge in [-0.1, -0.05) is 19.9 Å². The Balaban J connectivity index is 2.14. The number of hydrogen-bond donors (Lipinski definition) is 2. The molecule has 0 aliphatic heterocycles. The first-order chi connectivity index (χ1) is 8.76. The number of likely N-dealkylation sites (N-methyl/N-ethyl adjacent to an activating group) is 1. The van der Waals surface area contributed by atoms with Crippen molar-refractivity contribution in [2.45, 2.75) is 20.4 Å². The molecule has 0 aliphatic rings. The molecule has 0 atom stereocenters. The van der Waals surface area contributed by atoms with Crippen LogP contribution in [0.4, 0.5) is 4.79 Å².